The first kappa shape index (κ1) is 12.3. The number of morpholine rings is 1. The highest BCUT2D eigenvalue weighted by Crippen LogP contribution is 2.01. The van der Waals surface area contributed by atoms with Crippen LogP contribution in [0.4, 0.5) is 0 Å². The molecule has 0 saturated carbocycles. The minimum atomic E-state index is -3.76. The molecule has 7 heteroatoms. The Balaban J connectivity index is 0.000000218. The Kier molecular flexibility index (Phi) is 8.79. The van der Waals surface area contributed by atoms with Crippen molar-refractivity contribution < 1.29 is 36.1 Å². The van der Waals surface area contributed by atoms with Crippen molar-refractivity contribution in [1.29, 1.82) is 0 Å². The summed E-state index contributed by atoms with van der Waals surface area (Å²) in [6.07, 6.45) is 0. The molecule has 0 aromatic carbocycles. The molecular weight excluding hydrogens is 380 g/mol. The molecule has 0 atom stereocenters. The summed E-state index contributed by atoms with van der Waals surface area (Å²) in [5, 5.41) is 0. The second-order valence-corrected chi connectivity index (χ2v) is 4.24. The minimum absolute atomic E-state index is 0.906. The zero-order valence-corrected chi connectivity index (χ0v) is 10.0. The molecule has 0 bridgehead atoms. The molecule has 11 heavy (non-hydrogen) atoms. The van der Waals surface area contributed by atoms with Crippen LogP contribution < -0.4 is 27.9 Å². The number of nitrogens with zero attached hydrogens (tertiary/aromatic N) is 1. The normalized spacial score (nSPS) is 19.4. The monoisotopic (exact) mass is 389 g/mol. The maximum absolute atomic E-state index is 8.68. The van der Waals surface area contributed by atoms with E-state index < -0.39 is 21.1 Å². The molecule has 0 aromatic heterocycles. The maximum Gasteiger partial charge on any atom is 0.503 e. The number of halogens is 2. The largest absolute Gasteiger partial charge is 0.503 e. The van der Waals surface area contributed by atoms with Gasteiger partial charge in [-0.05, 0) is 3.44 Å². The van der Waals surface area contributed by atoms with Crippen LogP contribution in [0, 0.1) is 0 Å². The Bertz CT molecular complexity index is 85.4. The zero-order valence-electron chi connectivity index (χ0n) is 5.70. The Labute approximate surface area is 87.9 Å². The zero-order chi connectivity index (χ0) is 8.69. The lowest BCUT2D eigenvalue weighted by molar-refractivity contribution is -1.63. The topological polar surface area (TPSA) is 78.8 Å². The van der Waals surface area contributed by atoms with Gasteiger partial charge in [0.15, 0.2) is 0 Å². The van der Waals surface area contributed by atoms with Crippen LogP contribution in [0.15, 0.2) is 0 Å². The highest BCUT2D eigenvalue weighted by atomic mass is 127. The maximum atomic E-state index is 8.68. The molecule has 1 aliphatic heterocycles. The molecule has 0 aromatic rings. The quantitative estimate of drug-likeness (QED) is 0.331. The lowest BCUT2D eigenvalue weighted by Crippen LogP contribution is -3.98. The van der Waals surface area contributed by atoms with Gasteiger partial charge in [-0.2, -0.15) is 0 Å². The van der Waals surface area contributed by atoms with Crippen LogP contribution in [0.5, 0.6) is 0 Å². The first-order valence-electron chi connectivity index (χ1n) is 2.86. The van der Waals surface area contributed by atoms with Gasteiger partial charge in [-0.3, -0.25) is 0 Å². The molecule has 1 heterocycles. The van der Waals surface area contributed by atoms with Gasteiger partial charge in [-0.1, -0.05) is 0 Å². The molecule has 0 aliphatic carbocycles. The molecule has 1 N–H and O–H groups in total. The van der Waals surface area contributed by atoms with Crippen molar-refractivity contribution in [1.82, 2.24) is 3.11 Å². The standard InChI is InChI=1S/C4H8INO.HIO3/c5-6-1-3-7-4-2-6;2-1(3)4/h1-4H2;2H. The van der Waals surface area contributed by atoms with Crippen molar-refractivity contribution in [3.05, 3.63) is 0 Å². The first-order chi connectivity index (χ1) is 5.13. The Morgan fingerprint density at radius 3 is 1.91 bits per heavy atom. The molecule has 1 saturated heterocycles. The van der Waals surface area contributed by atoms with Crippen molar-refractivity contribution in [2.45, 2.75) is 0 Å². The van der Waals surface area contributed by atoms with E-state index in [1.807, 2.05) is 0 Å². The van der Waals surface area contributed by atoms with Gasteiger partial charge in [0.25, 0.3) is 0 Å². The van der Waals surface area contributed by atoms with Gasteiger partial charge in [0.05, 0.1) is 13.2 Å². The molecule has 68 valence electrons. The number of ether oxygens (including phenoxy) is 1. The third kappa shape index (κ3) is 11.3. The smallest absolute Gasteiger partial charge is 0.396 e. The van der Waals surface area contributed by atoms with Crippen molar-refractivity contribution >= 4 is 22.9 Å². The van der Waals surface area contributed by atoms with E-state index in [0.29, 0.717) is 0 Å². The predicted molar refractivity (Wildman–Crippen MR) is 38.6 cm³/mol. The van der Waals surface area contributed by atoms with Crippen molar-refractivity contribution in [2.75, 3.05) is 26.3 Å². The number of rotatable bonds is 0. The second-order valence-electron chi connectivity index (χ2n) is 1.72. The van der Waals surface area contributed by atoms with Crippen LogP contribution >= 0.6 is 22.9 Å². The predicted octanol–water partition coefficient (Wildman–Crippen LogP) is -5.26. The van der Waals surface area contributed by atoms with Gasteiger partial charge in [0, 0.05) is 36.0 Å². The van der Waals surface area contributed by atoms with E-state index in [9.17, 15) is 0 Å². The lowest BCUT2D eigenvalue weighted by Gasteiger charge is -2.19. The summed E-state index contributed by atoms with van der Waals surface area (Å²) in [5.74, 6) is 0. The van der Waals surface area contributed by atoms with Gasteiger partial charge in [-0.15, -0.1) is 0 Å². The average molecular weight is 389 g/mol. The molecule has 5 nitrogen and oxygen atoms in total. The highest BCUT2D eigenvalue weighted by molar-refractivity contribution is 14.1. The van der Waals surface area contributed by atoms with E-state index in [2.05, 4.69) is 26.0 Å². The van der Waals surface area contributed by atoms with E-state index in [1.165, 1.54) is 0 Å². The Hall–Kier alpha value is 1.26. The molecular formula is C4H9I2NO4. The molecule has 1 aliphatic rings. The number of hydrogen-bond donors (Lipinski definition) is 1. The van der Waals surface area contributed by atoms with Crippen LogP contribution in [-0.4, -0.2) is 32.9 Å². The average Bonchev–Trinajstić information content (AvgIpc) is 1.87. The molecule has 0 radical (unpaired) electrons. The highest BCUT2D eigenvalue weighted by Gasteiger charge is 2.04. The van der Waals surface area contributed by atoms with Crippen LogP contribution in [0.1, 0.15) is 0 Å². The van der Waals surface area contributed by atoms with Crippen LogP contribution in [0.25, 0.3) is 0 Å². The fourth-order valence-corrected chi connectivity index (χ4v) is 0.935. The van der Waals surface area contributed by atoms with Gasteiger partial charge in [-0.25, -0.2) is 3.11 Å². The summed E-state index contributed by atoms with van der Waals surface area (Å²) in [4.78, 5) is 0. The molecule has 0 unspecified atom stereocenters. The van der Waals surface area contributed by atoms with Gasteiger partial charge >= 0.3 is 21.1 Å². The van der Waals surface area contributed by atoms with Crippen LogP contribution in [-0.2, 0) is 4.74 Å². The minimum Gasteiger partial charge on any atom is -0.396 e. The van der Waals surface area contributed by atoms with Gasteiger partial charge in [0.1, 0.15) is 0 Å². The SMILES string of the molecule is IN1CCOCC1.[O-][I+2]([O-])O. The summed E-state index contributed by atoms with van der Waals surface area (Å²) in [7, 11) is 0. The summed E-state index contributed by atoms with van der Waals surface area (Å²) in [6.45, 7) is 3.98. The molecule has 1 rings (SSSR count). The summed E-state index contributed by atoms with van der Waals surface area (Å²) in [6, 6.07) is 0. The van der Waals surface area contributed by atoms with Crippen molar-refractivity contribution in [3.63, 3.8) is 0 Å². The fourth-order valence-electron chi connectivity index (χ4n) is 0.541. The summed E-state index contributed by atoms with van der Waals surface area (Å²) >= 11 is -1.45. The fraction of sp³-hybridized carbons (Fsp3) is 1.00. The third-order valence-corrected chi connectivity index (χ3v) is 1.92. The van der Waals surface area contributed by atoms with E-state index in [4.69, 9.17) is 15.0 Å². The van der Waals surface area contributed by atoms with E-state index in [-0.39, 0.29) is 0 Å². The Morgan fingerprint density at radius 2 is 1.73 bits per heavy atom. The first-order valence-corrected chi connectivity index (χ1v) is 6.55. The lowest BCUT2D eigenvalue weighted by atomic mass is 10.5. The number of hydrogen-bond acceptors (Lipinski definition) is 5. The third-order valence-electron chi connectivity index (χ3n) is 0.957. The second kappa shape index (κ2) is 7.89. The van der Waals surface area contributed by atoms with Crippen LogP contribution in [0.2, 0.25) is 0 Å². The Morgan fingerprint density at radius 1 is 1.36 bits per heavy atom. The summed E-state index contributed by atoms with van der Waals surface area (Å²) in [5.41, 5.74) is 0. The molecule has 1 fully saturated rings. The van der Waals surface area contributed by atoms with Crippen molar-refractivity contribution in [2.24, 2.45) is 0 Å². The van der Waals surface area contributed by atoms with E-state index in [1.54, 1.807) is 0 Å². The van der Waals surface area contributed by atoms with E-state index >= 15 is 0 Å². The van der Waals surface area contributed by atoms with Crippen LogP contribution in [0.3, 0.4) is 0 Å². The van der Waals surface area contributed by atoms with Gasteiger partial charge < -0.3 is 11.6 Å². The summed E-state index contributed by atoms with van der Waals surface area (Å²) < 4.78 is 31.8. The van der Waals surface area contributed by atoms with Crippen molar-refractivity contribution in [3.8, 4) is 0 Å². The van der Waals surface area contributed by atoms with Gasteiger partial charge in [0.2, 0.25) is 0 Å². The molecule has 0 amide bonds. The molecule has 0 spiro atoms. The van der Waals surface area contributed by atoms with E-state index in [0.717, 1.165) is 26.3 Å².